The van der Waals surface area contributed by atoms with E-state index in [1.807, 2.05) is 25.2 Å². The maximum Gasteiger partial charge on any atom is 0.230 e. The van der Waals surface area contributed by atoms with Crippen LogP contribution in [0.25, 0.3) is 0 Å². The summed E-state index contributed by atoms with van der Waals surface area (Å²) >= 11 is 0. The molecule has 0 aromatic heterocycles. The van der Waals surface area contributed by atoms with Crippen molar-refractivity contribution in [3.63, 3.8) is 0 Å². The summed E-state index contributed by atoms with van der Waals surface area (Å²) in [4.78, 5) is 13.7. The summed E-state index contributed by atoms with van der Waals surface area (Å²) in [6, 6.07) is 8.13. The van der Waals surface area contributed by atoms with Crippen LogP contribution in [0.5, 0.6) is 0 Å². The molecule has 0 saturated carbocycles. The van der Waals surface area contributed by atoms with Crippen molar-refractivity contribution in [1.29, 1.82) is 0 Å². The van der Waals surface area contributed by atoms with Gasteiger partial charge in [0, 0.05) is 20.1 Å². The van der Waals surface area contributed by atoms with E-state index in [0.717, 1.165) is 6.42 Å². The number of hydrogen-bond donors (Lipinski definition) is 1. The molecule has 80 valence electrons. The molecule has 0 spiro atoms. The Morgan fingerprint density at radius 2 is 2.27 bits per heavy atom. The quantitative estimate of drug-likeness (QED) is 0.789. The van der Waals surface area contributed by atoms with Crippen LogP contribution in [0.2, 0.25) is 0 Å². The first-order valence-corrected chi connectivity index (χ1v) is 5.27. The van der Waals surface area contributed by atoms with Crippen molar-refractivity contribution in [2.75, 3.05) is 20.1 Å². The van der Waals surface area contributed by atoms with E-state index >= 15 is 0 Å². The molecule has 1 aliphatic rings. The second-order valence-electron chi connectivity index (χ2n) is 4.00. The number of amides is 1. The normalized spacial score (nSPS) is 17.9. The van der Waals surface area contributed by atoms with E-state index in [1.165, 1.54) is 11.1 Å². The van der Waals surface area contributed by atoms with E-state index in [2.05, 4.69) is 6.07 Å². The SMILES string of the molecule is CN(CCN)C(=O)C1Cc2ccccc21. The van der Waals surface area contributed by atoms with Crippen molar-refractivity contribution in [3.05, 3.63) is 35.4 Å². The van der Waals surface area contributed by atoms with Gasteiger partial charge < -0.3 is 10.6 Å². The second kappa shape index (κ2) is 4.03. The lowest BCUT2D eigenvalue weighted by Crippen LogP contribution is -2.39. The van der Waals surface area contributed by atoms with Gasteiger partial charge in [-0.25, -0.2) is 0 Å². The smallest absolute Gasteiger partial charge is 0.230 e. The minimum atomic E-state index is 0.0674. The summed E-state index contributed by atoms with van der Waals surface area (Å²) in [5, 5.41) is 0. The van der Waals surface area contributed by atoms with Gasteiger partial charge in [-0.05, 0) is 17.5 Å². The summed E-state index contributed by atoms with van der Waals surface area (Å²) in [7, 11) is 1.82. The highest BCUT2D eigenvalue weighted by Gasteiger charge is 2.33. The van der Waals surface area contributed by atoms with Gasteiger partial charge in [0.1, 0.15) is 0 Å². The van der Waals surface area contributed by atoms with Crippen LogP contribution in [0.1, 0.15) is 17.0 Å². The molecule has 1 unspecified atom stereocenters. The summed E-state index contributed by atoms with van der Waals surface area (Å²) in [5.74, 6) is 0.261. The molecule has 2 rings (SSSR count). The zero-order valence-electron chi connectivity index (χ0n) is 8.94. The Morgan fingerprint density at radius 1 is 1.53 bits per heavy atom. The summed E-state index contributed by atoms with van der Waals surface area (Å²) in [6.45, 7) is 1.16. The fourth-order valence-electron chi connectivity index (χ4n) is 2.05. The standard InChI is InChI=1S/C12H16N2O/c1-14(7-6-13)12(15)11-8-9-4-2-3-5-10(9)11/h2-5,11H,6-8,13H2,1H3. The number of likely N-dealkylation sites (N-methyl/N-ethyl adjacent to an activating group) is 1. The Kier molecular flexibility index (Phi) is 2.73. The van der Waals surface area contributed by atoms with Crippen LogP contribution in [-0.4, -0.2) is 30.9 Å². The number of nitrogens with two attached hydrogens (primary N) is 1. The minimum Gasteiger partial charge on any atom is -0.344 e. The van der Waals surface area contributed by atoms with E-state index in [-0.39, 0.29) is 11.8 Å². The molecule has 3 heteroatoms. The first kappa shape index (κ1) is 10.2. The van der Waals surface area contributed by atoms with Crippen molar-refractivity contribution in [2.45, 2.75) is 12.3 Å². The van der Waals surface area contributed by atoms with E-state index in [1.54, 1.807) is 4.90 Å². The number of rotatable bonds is 3. The molecule has 0 heterocycles. The van der Waals surface area contributed by atoms with Gasteiger partial charge in [-0.3, -0.25) is 4.79 Å². The molecule has 3 nitrogen and oxygen atoms in total. The van der Waals surface area contributed by atoms with Crippen molar-refractivity contribution in [1.82, 2.24) is 4.90 Å². The van der Waals surface area contributed by atoms with Crippen LogP contribution < -0.4 is 5.73 Å². The van der Waals surface area contributed by atoms with Gasteiger partial charge in [-0.1, -0.05) is 24.3 Å². The topological polar surface area (TPSA) is 46.3 Å². The maximum atomic E-state index is 11.9. The Labute approximate surface area is 89.9 Å². The largest absolute Gasteiger partial charge is 0.344 e. The van der Waals surface area contributed by atoms with Crippen molar-refractivity contribution in [3.8, 4) is 0 Å². The molecule has 1 atom stereocenters. The maximum absolute atomic E-state index is 11.9. The summed E-state index contributed by atoms with van der Waals surface area (Å²) < 4.78 is 0. The Hall–Kier alpha value is -1.35. The third-order valence-corrected chi connectivity index (χ3v) is 2.99. The molecule has 1 amide bonds. The third kappa shape index (κ3) is 1.75. The molecule has 0 fully saturated rings. The van der Waals surface area contributed by atoms with Gasteiger partial charge in [-0.2, -0.15) is 0 Å². The molecule has 2 N–H and O–H groups in total. The number of hydrogen-bond acceptors (Lipinski definition) is 2. The summed E-state index contributed by atoms with van der Waals surface area (Å²) in [6.07, 6.45) is 0.879. The number of carbonyl (C=O) groups excluding carboxylic acids is 1. The van der Waals surface area contributed by atoms with Gasteiger partial charge >= 0.3 is 0 Å². The van der Waals surface area contributed by atoms with E-state index in [0.29, 0.717) is 13.1 Å². The molecule has 0 aliphatic heterocycles. The number of carbonyl (C=O) groups is 1. The predicted octanol–water partition coefficient (Wildman–Crippen LogP) is 0.743. The van der Waals surface area contributed by atoms with Crippen LogP contribution >= 0.6 is 0 Å². The van der Waals surface area contributed by atoms with Crippen LogP contribution in [0.4, 0.5) is 0 Å². The van der Waals surface area contributed by atoms with Gasteiger partial charge in [0.2, 0.25) is 5.91 Å². The van der Waals surface area contributed by atoms with Crippen molar-refractivity contribution in [2.24, 2.45) is 5.73 Å². The number of nitrogens with zero attached hydrogens (tertiary/aromatic N) is 1. The monoisotopic (exact) mass is 204 g/mol. The van der Waals surface area contributed by atoms with Gasteiger partial charge in [0.15, 0.2) is 0 Å². The zero-order chi connectivity index (χ0) is 10.8. The fraction of sp³-hybridized carbons (Fsp3) is 0.417. The van der Waals surface area contributed by atoms with Gasteiger partial charge in [-0.15, -0.1) is 0 Å². The van der Waals surface area contributed by atoms with E-state index in [4.69, 9.17) is 5.73 Å². The van der Waals surface area contributed by atoms with Crippen molar-refractivity contribution < 1.29 is 4.79 Å². The lowest BCUT2D eigenvalue weighted by atomic mass is 9.77. The first-order chi connectivity index (χ1) is 7.24. The lowest BCUT2D eigenvalue weighted by molar-refractivity contribution is -0.131. The van der Waals surface area contributed by atoms with Gasteiger partial charge in [0.25, 0.3) is 0 Å². The second-order valence-corrected chi connectivity index (χ2v) is 4.00. The highest BCUT2D eigenvalue weighted by molar-refractivity contribution is 5.86. The lowest BCUT2D eigenvalue weighted by Gasteiger charge is -2.32. The van der Waals surface area contributed by atoms with Crippen LogP contribution in [-0.2, 0) is 11.2 Å². The third-order valence-electron chi connectivity index (χ3n) is 2.99. The Balaban J connectivity index is 2.07. The molecular weight excluding hydrogens is 188 g/mol. The molecule has 0 saturated heterocycles. The van der Waals surface area contributed by atoms with Crippen LogP contribution in [0.3, 0.4) is 0 Å². The highest BCUT2D eigenvalue weighted by Crippen LogP contribution is 2.35. The summed E-state index contributed by atoms with van der Waals surface area (Å²) in [5.41, 5.74) is 7.92. The molecule has 15 heavy (non-hydrogen) atoms. The zero-order valence-corrected chi connectivity index (χ0v) is 8.94. The van der Waals surface area contributed by atoms with Crippen LogP contribution in [0, 0.1) is 0 Å². The Bertz CT molecular complexity index is 376. The molecule has 0 radical (unpaired) electrons. The van der Waals surface area contributed by atoms with Gasteiger partial charge in [0.05, 0.1) is 5.92 Å². The van der Waals surface area contributed by atoms with Crippen LogP contribution in [0.15, 0.2) is 24.3 Å². The molecular formula is C12H16N2O. The number of benzene rings is 1. The highest BCUT2D eigenvalue weighted by atomic mass is 16.2. The van der Waals surface area contributed by atoms with Crippen molar-refractivity contribution >= 4 is 5.91 Å². The molecule has 1 aromatic rings. The molecule has 1 aliphatic carbocycles. The van der Waals surface area contributed by atoms with E-state index < -0.39 is 0 Å². The molecule has 1 aromatic carbocycles. The van der Waals surface area contributed by atoms with E-state index in [9.17, 15) is 4.79 Å². The fourth-order valence-corrected chi connectivity index (χ4v) is 2.05. The number of fused-ring (bicyclic) bond motifs is 1. The molecule has 0 bridgehead atoms. The first-order valence-electron chi connectivity index (χ1n) is 5.27. The average molecular weight is 204 g/mol. The predicted molar refractivity (Wildman–Crippen MR) is 59.6 cm³/mol. The minimum absolute atomic E-state index is 0.0674. The Morgan fingerprint density at radius 3 is 2.93 bits per heavy atom. The average Bonchev–Trinajstić information content (AvgIpc) is 2.20.